The second kappa shape index (κ2) is 8.50. The van der Waals surface area contributed by atoms with E-state index < -0.39 is 0 Å². The predicted octanol–water partition coefficient (Wildman–Crippen LogP) is 3.33. The van der Waals surface area contributed by atoms with Crippen molar-refractivity contribution < 1.29 is 9.59 Å². The minimum absolute atomic E-state index is 0.0906. The molecule has 1 aliphatic heterocycles. The predicted molar refractivity (Wildman–Crippen MR) is 101 cm³/mol. The summed E-state index contributed by atoms with van der Waals surface area (Å²) in [7, 11) is 0. The van der Waals surface area contributed by atoms with E-state index in [2.05, 4.69) is 36.5 Å². The highest BCUT2D eigenvalue weighted by molar-refractivity contribution is 5.81. The van der Waals surface area contributed by atoms with Gasteiger partial charge in [-0.3, -0.25) is 9.59 Å². The molecule has 1 heterocycles. The lowest BCUT2D eigenvalue weighted by molar-refractivity contribution is -0.132. The van der Waals surface area contributed by atoms with Gasteiger partial charge in [-0.15, -0.1) is 0 Å². The molecule has 0 atom stereocenters. The van der Waals surface area contributed by atoms with Crippen LogP contribution in [0.4, 0.5) is 0 Å². The number of hydrogen-bond acceptors (Lipinski definition) is 2. The van der Waals surface area contributed by atoms with Crippen molar-refractivity contribution in [2.24, 2.45) is 5.41 Å². The number of nitrogens with one attached hydrogen (secondary N) is 1. The lowest BCUT2D eigenvalue weighted by Gasteiger charge is -2.33. The van der Waals surface area contributed by atoms with Crippen LogP contribution in [0.5, 0.6) is 0 Å². The molecule has 4 nitrogen and oxygen atoms in total. The van der Waals surface area contributed by atoms with Crippen LogP contribution in [0.2, 0.25) is 0 Å². The van der Waals surface area contributed by atoms with Gasteiger partial charge >= 0.3 is 0 Å². The summed E-state index contributed by atoms with van der Waals surface area (Å²) < 4.78 is 0. The van der Waals surface area contributed by atoms with Gasteiger partial charge in [0.15, 0.2) is 0 Å². The third-order valence-corrected chi connectivity index (χ3v) is 4.92. The van der Waals surface area contributed by atoms with Crippen molar-refractivity contribution in [3.05, 3.63) is 35.4 Å². The van der Waals surface area contributed by atoms with Crippen LogP contribution in [0.25, 0.3) is 0 Å². The van der Waals surface area contributed by atoms with E-state index in [-0.39, 0.29) is 23.3 Å². The van der Waals surface area contributed by atoms with Gasteiger partial charge < -0.3 is 10.2 Å². The van der Waals surface area contributed by atoms with Gasteiger partial charge in [0, 0.05) is 31.0 Å². The number of amides is 2. The van der Waals surface area contributed by atoms with Gasteiger partial charge in [0.25, 0.3) is 0 Å². The van der Waals surface area contributed by atoms with Crippen LogP contribution in [0.3, 0.4) is 0 Å². The largest absolute Gasteiger partial charge is 0.353 e. The van der Waals surface area contributed by atoms with Crippen molar-refractivity contribution in [2.45, 2.75) is 65.8 Å². The maximum atomic E-state index is 12.4. The highest BCUT2D eigenvalue weighted by Gasteiger charge is 2.27. The summed E-state index contributed by atoms with van der Waals surface area (Å²) in [4.78, 5) is 26.4. The molecule has 1 aromatic rings. The molecule has 0 bridgehead atoms. The molecular formula is C21H32N2O2. The number of aryl methyl sites for hydroxylation is 2. The number of carbonyl (C=O) groups is 2. The number of likely N-dealkylation sites (tertiary alicyclic amines) is 1. The van der Waals surface area contributed by atoms with Crippen molar-refractivity contribution >= 4 is 11.8 Å². The zero-order chi connectivity index (χ0) is 18.4. The summed E-state index contributed by atoms with van der Waals surface area (Å²) in [5.41, 5.74) is 2.19. The Balaban J connectivity index is 1.74. The lowest BCUT2D eigenvalue weighted by Crippen LogP contribution is -2.49. The average molecular weight is 344 g/mol. The molecule has 2 amide bonds. The Labute approximate surface area is 152 Å². The van der Waals surface area contributed by atoms with Crippen molar-refractivity contribution in [3.8, 4) is 0 Å². The third-order valence-electron chi connectivity index (χ3n) is 4.92. The number of carbonyl (C=O) groups excluding carboxylic acids is 2. The molecule has 1 aromatic carbocycles. The zero-order valence-electron chi connectivity index (χ0n) is 16.1. The Bertz CT molecular complexity index is 579. The van der Waals surface area contributed by atoms with Crippen molar-refractivity contribution in [2.75, 3.05) is 13.1 Å². The standard InChI is InChI=1S/C21H32N2O2/c1-5-16-6-8-17(9-7-16)10-11-19(24)23-14-12-18(13-15-23)22-20(25)21(2,3)4/h6-9,18H,5,10-15H2,1-4H3,(H,22,25). The minimum atomic E-state index is -0.361. The van der Waals surface area contributed by atoms with E-state index in [1.807, 2.05) is 25.7 Å². The highest BCUT2D eigenvalue weighted by Crippen LogP contribution is 2.17. The Morgan fingerprint density at radius 2 is 1.64 bits per heavy atom. The molecule has 1 N–H and O–H groups in total. The topological polar surface area (TPSA) is 49.4 Å². The number of nitrogens with zero attached hydrogens (tertiary/aromatic N) is 1. The van der Waals surface area contributed by atoms with Crippen molar-refractivity contribution in [3.63, 3.8) is 0 Å². The molecule has 0 aliphatic carbocycles. The van der Waals surface area contributed by atoms with Crippen molar-refractivity contribution in [1.29, 1.82) is 0 Å². The number of benzene rings is 1. The summed E-state index contributed by atoms with van der Waals surface area (Å²) in [5.74, 6) is 0.313. The average Bonchev–Trinajstić information content (AvgIpc) is 2.60. The fourth-order valence-electron chi connectivity index (χ4n) is 3.03. The van der Waals surface area contributed by atoms with Gasteiger partial charge in [-0.2, -0.15) is 0 Å². The maximum absolute atomic E-state index is 12.4. The molecule has 25 heavy (non-hydrogen) atoms. The molecular weight excluding hydrogens is 312 g/mol. The zero-order valence-corrected chi connectivity index (χ0v) is 16.1. The lowest BCUT2D eigenvalue weighted by atomic mass is 9.94. The van der Waals surface area contributed by atoms with E-state index >= 15 is 0 Å². The molecule has 0 aromatic heterocycles. The Hall–Kier alpha value is -1.84. The Morgan fingerprint density at radius 1 is 1.08 bits per heavy atom. The second-order valence-electron chi connectivity index (χ2n) is 8.05. The quantitative estimate of drug-likeness (QED) is 0.891. The van der Waals surface area contributed by atoms with Crippen LogP contribution < -0.4 is 5.32 Å². The SMILES string of the molecule is CCc1ccc(CCC(=O)N2CCC(NC(=O)C(C)(C)C)CC2)cc1. The van der Waals surface area contributed by atoms with Gasteiger partial charge in [0.2, 0.25) is 11.8 Å². The van der Waals surface area contributed by atoms with Gasteiger partial charge in [0.05, 0.1) is 0 Å². The van der Waals surface area contributed by atoms with Crippen molar-refractivity contribution in [1.82, 2.24) is 10.2 Å². The normalized spacial score (nSPS) is 15.9. The molecule has 0 unspecified atom stereocenters. The number of hydrogen-bond donors (Lipinski definition) is 1. The fraction of sp³-hybridized carbons (Fsp3) is 0.619. The second-order valence-corrected chi connectivity index (χ2v) is 8.05. The van der Waals surface area contributed by atoms with Crippen LogP contribution in [0, 0.1) is 5.41 Å². The first-order chi connectivity index (χ1) is 11.8. The maximum Gasteiger partial charge on any atom is 0.225 e. The molecule has 1 fully saturated rings. The van der Waals surface area contributed by atoms with E-state index in [0.717, 1.165) is 38.8 Å². The van der Waals surface area contributed by atoms with E-state index in [9.17, 15) is 9.59 Å². The molecule has 2 rings (SSSR count). The first-order valence-corrected chi connectivity index (χ1v) is 9.46. The minimum Gasteiger partial charge on any atom is -0.353 e. The molecule has 4 heteroatoms. The first-order valence-electron chi connectivity index (χ1n) is 9.46. The molecule has 0 spiro atoms. The van der Waals surface area contributed by atoms with Crippen LogP contribution in [0.1, 0.15) is 58.1 Å². The highest BCUT2D eigenvalue weighted by atomic mass is 16.2. The summed E-state index contributed by atoms with van der Waals surface area (Å²) in [6.07, 6.45) is 4.09. The van der Waals surface area contributed by atoms with Gasteiger partial charge in [-0.1, -0.05) is 52.0 Å². The third kappa shape index (κ3) is 5.87. The van der Waals surface area contributed by atoms with Crippen LogP contribution >= 0.6 is 0 Å². The number of rotatable bonds is 5. The van der Waals surface area contributed by atoms with E-state index in [0.29, 0.717) is 6.42 Å². The molecule has 0 saturated carbocycles. The monoisotopic (exact) mass is 344 g/mol. The molecule has 1 saturated heterocycles. The van der Waals surface area contributed by atoms with Gasteiger partial charge in [-0.05, 0) is 36.8 Å². The van der Waals surface area contributed by atoms with Gasteiger partial charge in [0.1, 0.15) is 0 Å². The number of piperidine rings is 1. The van der Waals surface area contributed by atoms with E-state index in [1.165, 1.54) is 11.1 Å². The van der Waals surface area contributed by atoms with Gasteiger partial charge in [-0.25, -0.2) is 0 Å². The Kier molecular flexibility index (Phi) is 6.63. The Morgan fingerprint density at radius 3 is 2.16 bits per heavy atom. The summed E-state index contributed by atoms with van der Waals surface area (Å²) in [5, 5.41) is 3.11. The molecule has 138 valence electrons. The summed E-state index contributed by atoms with van der Waals surface area (Å²) in [6, 6.07) is 8.73. The van der Waals surface area contributed by atoms with Crippen LogP contribution in [-0.2, 0) is 22.4 Å². The molecule has 0 radical (unpaired) electrons. The van der Waals surface area contributed by atoms with E-state index in [1.54, 1.807) is 0 Å². The van der Waals surface area contributed by atoms with Crippen LogP contribution in [-0.4, -0.2) is 35.8 Å². The summed E-state index contributed by atoms with van der Waals surface area (Å²) in [6.45, 7) is 9.40. The van der Waals surface area contributed by atoms with E-state index in [4.69, 9.17) is 0 Å². The van der Waals surface area contributed by atoms with Crippen LogP contribution in [0.15, 0.2) is 24.3 Å². The summed E-state index contributed by atoms with van der Waals surface area (Å²) >= 11 is 0. The smallest absolute Gasteiger partial charge is 0.225 e. The first kappa shape index (κ1) is 19.5. The fourth-order valence-corrected chi connectivity index (χ4v) is 3.03. The molecule has 1 aliphatic rings.